The molecule has 0 bridgehead atoms. The van der Waals surface area contributed by atoms with Gasteiger partial charge in [0.1, 0.15) is 5.82 Å². The monoisotopic (exact) mass is 318 g/mol. The summed E-state index contributed by atoms with van der Waals surface area (Å²) in [6.45, 7) is 0. The second kappa shape index (κ2) is 5.77. The number of hydrogen-bond donors (Lipinski definition) is 2. The molecule has 1 aliphatic heterocycles. The molecule has 4 nitrogen and oxygen atoms in total. The summed E-state index contributed by atoms with van der Waals surface area (Å²) in [6, 6.07) is 10.7. The van der Waals surface area contributed by atoms with E-state index in [1.54, 1.807) is 12.1 Å². The summed E-state index contributed by atoms with van der Waals surface area (Å²) >= 11 is 5.67. The maximum absolute atomic E-state index is 13.1. The standard InChI is InChI=1S/C16H12ClFN2O2/c17-12-7-9(5-6-13(12)18)19-15(21)8-14-10-3-1-2-4-11(10)16(22)20-14/h1-7,14H,8H2,(H,19,21)(H,20,22)/t14-/m0/s1. The van der Waals surface area contributed by atoms with Crippen LogP contribution in [0.3, 0.4) is 0 Å². The first-order chi connectivity index (χ1) is 10.5. The molecule has 1 aliphatic rings. The van der Waals surface area contributed by atoms with Crippen molar-refractivity contribution in [2.75, 3.05) is 5.32 Å². The Bertz CT molecular complexity index is 764. The van der Waals surface area contributed by atoms with E-state index in [2.05, 4.69) is 10.6 Å². The third-order valence-electron chi connectivity index (χ3n) is 3.48. The molecule has 2 aromatic rings. The van der Waals surface area contributed by atoms with E-state index < -0.39 is 5.82 Å². The Morgan fingerprint density at radius 3 is 2.82 bits per heavy atom. The van der Waals surface area contributed by atoms with Crippen LogP contribution in [0.4, 0.5) is 10.1 Å². The Hall–Kier alpha value is -2.40. The summed E-state index contributed by atoms with van der Waals surface area (Å²) < 4.78 is 13.1. The molecule has 0 spiro atoms. The molecule has 112 valence electrons. The van der Waals surface area contributed by atoms with Crippen LogP contribution >= 0.6 is 11.6 Å². The second-order valence-electron chi connectivity index (χ2n) is 4.99. The van der Waals surface area contributed by atoms with E-state index in [-0.39, 0.29) is 29.3 Å². The van der Waals surface area contributed by atoms with Gasteiger partial charge in [-0.05, 0) is 29.8 Å². The smallest absolute Gasteiger partial charge is 0.252 e. The fraction of sp³-hybridized carbons (Fsp3) is 0.125. The van der Waals surface area contributed by atoms with Gasteiger partial charge in [0.25, 0.3) is 5.91 Å². The number of hydrogen-bond acceptors (Lipinski definition) is 2. The average molecular weight is 319 g/mol. The maximum atomic E-state index is 13.1. The van der Waals surface area contributed by atoms with Gasteiger partial charge in [-0.3, -0.25) is 9.59 Å². The minimum atomic E-state index is -0.545. The van der Waals surface area contributed by atoms with Gasteiger partial charge in [0.2, 0.25) is 5.91 Å². The number of anilines is 1. The quantitative estimate of drug-likeness (QED) is 0.912. The molecule has 0 saturated carbocycles. The lowest BCUT2D eigenvalue weighted by Crippen LogP contribution is -2.24. The second-order valence-corrected chi connectivity index (χ2v) is 5.40. The first-order valence-corrected chi connectivity index (χ1v) is 7.07. The number of benzene rings is 2. The highest BCUT2D eigenvalue weighted by molar-refractivity contribution is 6.31. The van der Waals surface area contributed by atoms with Crippen LogP contribution in [0.15, 0.2) is 42.5 Å². The lowest BCUT2D eigenvalue weighted by Gasteiger charge is -2.12. The lowest BCUT2D eigenvalue weighted by atomic mass is 10.0. The van der Waals surface area contributed by atoms with Crippen molar-refractivity contribution >= 4 is 29.1 Å². The minimum absolute atomic E-state index is 0.0580. The first kappa shape index (κ1) is 14.5. The van der Waals surface area contributed by atoms with Gasteiger partial charge in [-0.15, -0.1) is 0 Å². The van der Waals surface area contributed by atoms with Gasteiger partial charge in [-0.2, -0.15) is 0 Å². The van der Waals surface area contributed by atoms with Gasteiger partial charge < -0.3 is 10.6 Å². The van der Waals surface area contributed by atoms with Crippen molar-refractivity contribution in [1.29, 1.82) is 0 Å². The Morgan fingerprint density at radius 1 is 1.27 bits per heavy atom. The number of carbonyl (C=O) groups excluding carboxylic acids is 2. The summed E-state index contributed by atoms with van der Waals surface area (Å²) in [5.74, 6) is -1.01. The predicted octanol–water partition coefficient (Wildman–Crippen LogP) is 3.29. The van der Waals surface area contributed by atoms with Gasteiger partial charge >= 0.3 is 0 Å². The van der Waals surface area contributed by atoms with Gasteiger partial charge in [-0.25, -0.2) is 4.39 Å². The molecular weight excluding hydrogens is 307 g/mol. The predicted molar refractivity (Wildman–Crippen MR) is 81.3 cm³/mol. The third-order valence-corrected chi connectivity index (χ3v) is 3.77. The van der Waals surface area contributed by atoms with Crippen molar-refractivity contribution in [1.82, 2.24) is 5.32 Å². The Kier molecular flexibility index (Phi) is 3.81. The zero-order chi connectivity index (χ0) is 15.7. The van der Waals surface area contributed by atoms with E-state index in [0.29, 0.717) is 11.3 Å². The van der Waals surface area contributed by atoms with Gasteiger partial charge in [0.05, 0.1) is 17.5 Å². The van der Waals surface area contributed by atoms with Crippen molar-refractivity contribution in [2.24, 2.45) is 0 Å². The molecule has 0 fully saturated rings. The number of amides is 2. The van der Waals surface area contributed by atoms with Crippen LogP contribution in [0.25, 0.3) is 0 Å². The fourth-order valence-electron chi connectivity index (χ4n) is 2.45. The Morgan fingerprint density at radius 2 is 2.05 bits per heavy atom. The maximum Gasteiger partial charge on any atom is 0.252 e. The number of halogens is 2. The molecule has 0 aromatic heterocycles. The highest BCUT2D eigenvalue weighted by Crippen LogP contribution is 2.28. The van der Waals surface area contributed by atoms with Crippen LogP contribution in [0, 0.1) is 5.82 Å². The molecule has 1 atom stereocenters. The molecule has 0 saturated heterocycles. The molecule has 2 N–H and O–H groups in total. The van der Waals surface area contributed by atoms with E-state index in [1.165, 1.54) is 18.2 Å². The van der Waals surface area contributed by atoms with Crippen LogP contribution in [0.1, 0.15) is 28.4 Å². The molecule has 22 heavy (non-hydrogen) atoms. The van der Waals surface area contributed by atoms with Crippen LogP contribution in [-0.4, -0.2) is 11.8 Å². The highest BCUT2D eigenvalue weighted by Gasteiger charge is 2.29. The van der Waals surface area contributed by atoms with E-state index in [1.807, 2.05) is 12.1 Å². The molecule has 3 rings (SSSR count). The molecule has 0 unspecified atom stereocenters. The molecule has 0 radical (unpaired) electrons. The first-order valence-electron chi connectivity index (χ1n) is 6.69. The van der Waals surface area contributed by atoms with Crippen molar-refractivity contribution < 1.29 is 14.0 Å². The molecule has 6 heteroatoms. The summed E-state index contributed by atoms with van der Waals surface area (Å²) in [5.41, 5.74) is 1.80. The van der Waals surface area contributed by atoms with E-state index in [4.69, 9.17) is 11.6 Å². The molecule has 2 amide bonds. The SMILES string of the molecule is O=C(C[C@@H]1NC(=O)c2ccccc21)Nc1ccc(F)c(Cl)c1. The topological polar surface area (TPSA) is 58.2 Å². The van der Waals surface area contributed by atoms with Gasteiger partial charge in [-0.1, -0.05) is 29.8 Å². The van der Waals surface area contributed by atoms with E-state index >= 15 is 0 Å². The highest BCUT2D eigenvalue weighted by atomic mass is 35.5. The summed E-state index contributed by atoms with van der Waals surface area (Å²) in [5, 5.41) is 5.35. The number of fused-ring (bicyclic) bond motifs is 1. The van der Waals surface area contributed by atoms with Crippen molar-refractivity contribution in [3.8, 4) is 0 Å². The van der Waals surface area contributed by atoms with Crippen molar-refractivity contribution in [3.05, 3.63) is 64.4 Å². The third kappa shape index (κ3) is 2.80. The minimum Gasteiger partial charge on any atom is -0.345 e. The summed E-state index contributed by atoms with van der Waals surface area (Å²) in [4.78, 5) is 23.9. The van der Waals surface area contributed by atoms with Crippen LogP contribution < -0.4 is 10.6 Å². The lowest BCUT2D eigenvalue weighted by molar-refractivity contribution is -0.116. The molecule has 0 aliphatic carbocycles. The summed E-state index contributed by atoms with van der Waals surface area (Å²) in [7, 11) is 0. The van der Waals surface area contributed by atoms with E-state index in [9.17, 15) is 14.0 Å². The largest absolute Gasteiger partial charge is 0.345 e. The Balaban J connectivity index is 1.70. The average Bonchev–Trinajstić information content (AvgIpc) is 2.80. The van der Waals surface area contributed by atoms with Crippen LogP contribution in [0.2, 0.25) is 5.02 Å². The van der Waals surface area contributed by atoms with Crippen molar-refractivity contribution in [2.45, 2.75) is 12.5 Å². The zero-order valence-electron chi connectivity index (χ0n) is 11.4. The van der Waals surface area contributed by atoms with Crippen LogP contribution in [0.5, 0.6) is 0 Å². The zero-order valence-corrected chi connectivity index (χ0v) is 12.2. The number of rotatable bonds is 3. The molecule has 1 heterocycles. The normalized spacial score (nSPS) is 16.1. The summed E-state index contributed by atoms with van der Waals surface area (Å²) in [6.07, 6.45) is 0.0950. The fourth-order valence-corrected chi connectivity index (χ4v) is 2.63. The van der Waals surface area contributed by atoms with Crippen LogP contribution in [-0.2, 0) is 4.79 Å². The number of nitrogens with one attached hydrogen (secondary N) is 2. The van der Waals surface area contributed by atoms with Crippen molar-refractivity contribution in [3.63, 3.8) is 0 Å². The van der Waals surface area contributed by atoms with Gasteiger partial charge in [0, 0.05) is 11.3 Å². The molecule has 2 aromatic carbocycles. The Labute approximate surface area is 131 Å². The van der Waals surface area contributed by atoms with E-state index in [0.717, 1.165) is 5.56 Å². The van der Waals surface area contributed by atoms with Gasteiger partial charge in [0.15, 0.2) is 0 Å². The number of carbonyl (C=O) groups is 2. The molecular formula is C16H12ClFN2O2.